The van der Waals surface area contributed by atoms with Gasteiger partial charge in [-0.15, -0.1) is 0 Å². The van der Waals surface area contributed by atoms with E-state index in [0.29, 0.717) is 6.04 Å². The van der Waals surface area contributed by atoms with E-state index in [1.54, 1.807) is 4.68 Å². The number of rotatable bonds is 6. The van der Waals surface area contributed by atoms with Gasteiger partial charge in [0.15, 0.2) is 0 Å². The van der Waals surface area contributed by atoms with Crippen molar-refractivity contribution in [2.75, 3.05) is 6.54 Å². The van der Waals surface area contributed by atoms with Crippen molar-refractivity contribution in [2.45, 2.75) is 32.7 Å². The molecule has 20 heavy (non-hydrogen) atoms. The highest BCUT2D eigenvalue weighted by Crippen LogP contribution is 2.21. The highest BCUT2D eigenvalue weighted by atomic mass is 35.5. The average Bonchev–Trinajstić information content (AvgIpc) is 2.67. The number of hydrogen-bond donors (Lipinski definition) is 1. The van der Waals surface area contributed by atoms with E-state index in [4.69, 9.17) is 11.6 Å². The van der Waals surface area contributed by atoms with Crippen LogP contribution in [0.5, 0.6) is 0 Å². The Bertz CT molecular complexity index is 551. The number of likely N-dealkylation sites (N-methyl/N-ethyl adjacent to an activating group) is 1. The first-order valence-corrected chi connectivity index (χ1v) is 7.29. The smallest absolute Gasteiger partial charge is 0.130 e. The third-order valence-electron chi connectivity index (χ3n) is 3.44. The van der Waals surface area contributed by atoms with Gasteiger partial charge < -0.3 is 5.32 Å². The first-order chi connectivity index (χ1) is 9.61. The van der Waals surface area contributed by atoms with Gasteiger partial charge in [0.05, 0.1) is 5.69 Å². The van der Waals surface area contributed by atoms with Crippen LogP contribution >= 0.6 is 11.6 Å². The Hall–Kier alpha value is -1.39. The van der Waals surface area contributed by atoms with Gasteiger partial charge in [-0.25, -0.2) is 0 Å². The van der Waals surface area contributed by atoms with Crippen LogP contribution in [0.25, 0.3) is 0 Å². The van der Waals surface area contributed by atoms with Crippen LogP contribution in [0.1, 0.15) is 23.7 Å². The third-order valence-corrected chi connectivity index (χ3v) is 3.92. The number of aryl methyl sites for hydroxylation is 2. The number of aromatic nitrogens is 3. The molecule has 0 aliphatic heterocycles. The summed E-state index contributed by atoms with van der Waals surface area (Å²) in [5.41, 5.74) is 3.42. The van der Waals surface area contributed by atoms with Crippen molar-refractivity contribution in [1.29, 1.82) is 0 Å². The number of hydrogen-bond acceptors (Lipinski definition) is 3. The van der Waals surface area contributed by atoms with E-state index in [9.17, 15) is 0 Å². The third kappa shape index (κ3) is 3.58. The summed E-state index contributed by atoms with van der Waals surface area (Å²) in [7, 11) is 1.88. The molecule has 5 heteroatoms. The molecule has 2 aromatic rings. The second kappa shape index (κ2) is 6.86. The van der Waals surface area contributed by atoms with Gasteiger partial charge in [-0.2, -0.15) is 5.10 Å². The minimum atomic E-state index is 0.350. The van der Waals surface area contributed by atoms with Gasteiger partial charge in [0, 0.05) is 31.0 Å². The molecule has 0 spiro atoms. The van der Waals surface area contributed by atoms with Crippen LogP contribution in [-0.4, -0.2) is 27.4 Å². The van der Waals surface area contributed by atoms with Crippen molar-refractivity contribution in [3.63, 3.8) is 0 Å². The van der Waals surface area contributed by atoms with Crippen LogP contribution in [0.4, 0.5) is 0 Å². The van der Waals surface area contributed by atoms with Crippen molar-refractivity contribution in [1.82, 2.24) is 20.1 Å². The van der Waals surface area contributed by atoms with Gasteiger partial charge in [-0.3, -0.25) is 9.67 Å². The molecule has 1 atom stereocenters. The highest BCUT2D eigenvalue weighted by Gasteiger charge is 2.17. The van der Waals surface area contributed by atoms with Gasteiger partial charge in [-0.1, -0.05) is 18.5 Å². The topological polar surface area (TPSA) is 42.7 Å². The van der Waals surface area contributed by atoms with E-state index in [1.807, 2.05) is 26.4 Å². The Morgan fingerprint density at radius 3 is 2.55 bits per heavy atom. The number of nitrogens with zero attached hydrogens (tertiary/aromatic N) is 3. The summed E-state index contributed by atoms with van der Waals surface area (Å²) in [6.07, 6.45) is 5.51. The lowest BCUT2D eigenvalue weighted by molar-refractivity contribution is 0.520. The van der Waals surface area contributed by atoms with Gasteiger partial charge in [0.1, 0.15) is 5.15 Å². The molecule has 0 bridgehead atoms. The fourth-order valence-corrected chi connectivity index (χ4v) is 2.71. The molecule has 0 aliphatic carbocycles. The molecule has 0 radical (unpaired) electrons. The SMILES string of the molecule is CCNC(Cc1ccncc1)Cc1c(C)nn(C)c1Cl. The van der Waals surface area contributed by atoms with Crippen molar-refractivity contribution in [2.24, 2.45) is 7.05 Å². The van der Waals surface area contributed by atoms with Crippen LogP contribution in [0.15, 0.2) is 24.5 Å². The van der Waals surface area contributed by atoms with Crippen molar-refractivity contribution in [3.8, 4) is 0 Å². The summed E-state index contributed by atoms with van der Waals surface area (Å²) < 4.78 is 1.74. The van der Waals surface area contributed by atoms with Gasteiger partial charge >= 0.3 is 0 Å². The van der Waals surface area contributed by atoms with E-state index in [1.165, 1.54) is 5.56 Å². The molecule has 2 rings (SSSR count). The molecule has 0 fully saturated rings. The fourth-order valence-electron chi connectivity index (χ4n) is 2.46. The van der Waals surface area contributed by atoms with Crippen LogP contribution in [0.2, 0.25) is 5.15 Å². The standard InChI is InChI=1S/C15H21ClN4/c1-4-18-13(9-12-5-7-17-8-6-12)10-14-11(2)19-20(3)15(14)16/h5-8,13,18H,4,9-10H2,1-3H3. The van der Waals surface area contributed by atoms with Crippen LogP contribution in [-0.2, 0) is 19.9 Å². The molecular formula is C15H21ClN4. The maximum Gasteiger partial charge on any atom is 0.130 e. The first kappa shape index (κ1) is 15.0. The maximum atomic E-state index is 6.32. The monoisotopic (exact) mass is 292 g/mol. The second-order valence-electron chi connectivity index (χ2n) is 5.00. The molecule has 2 aromatic heterocycles. The predicted molar refractivity (Wildman–Crippen MR) is 82.1 cm³/mol. The Morgan fingerprint density at radius 2 is 2.00 bits per heavy atom. The zero-order chi connectivity index (χ0) is 14.5. The molecule has 0 aliphatic rings. The van der Waals surface area contributed by atoms with Crippen LogP contribution in [0.3, 0.4) is 0 Å². The lowest BCUT2D eigenvalue weighted by atomic mass is 10.00. The predicted octanol–water partition coefficient (Wildman–Crippen LogP) is 2.54. The summed E-state index contributed by atoms with van der Waals surface area (Å²) in [6.45, 7) is 5.07. The Kier molecular flexibility index (Phi) is 5.15. The molecule has 2 heterocycles. The van der Waals surface area contributed by atoms with Crippen LogP contribution < -0.4 is 5.32 Å². The van der Waals surface area contributed by atoms with Crippen molar-refractivity contribution < 1.29 is 0 Å². The molecule has 0 amide bonds. The number of nitrogens with one attached hydrogen (secondary N) is 1. The van der Waals surface area contributed by atoms with E-state index in [-0.39, 0.29) is 0 Å². The molecule has 0 aromatic carbocycles. The van der Waals surface area contributed by atoms with Gasteiger partial charge in [0.2, 0.25) is 0 Å². The van der Waals surface area contributed by atoms with E-state index in [0.717, 1.165) is 35.8 Å². The second-order valence-corrected chi connectivity index (χ2v) is 5.35. The van der Waals surface area contributed by atoms with Crippen LogP contribution in [0, 0.1) is 6.92 Å². The Balaban J connectivity index is 2.13. The largest absolute Gasteiger partial charge is 0.314 e. The van der Waals surface area contributed by atoms with E-state index < -0.39 is 0 Å². The number of pyridine rings is 1. The highest BCUT2D eigenvalue weighted by molar-refractivity contribution is 6.30. The molecule has 0 saturated heterocycles. The van der Waals surface area contributed by atoms with Gasteiger partial charge in [-0.05, 0) is 44.0 Å². The minimum Gasteiger partial charge on any atom is -0.314 e. The molecule has 1 unspecified atom stereocenters. The summed E-state index contributed by atoms with van der Waals surface area (Å²) in [5.74, 6) is 0. The van der Waals surface area contributed by atoms with Gasteiger partial charge in [0.25, 0.3) is 0 Å². The summed E-state index contributed by atoms with van der Waals surface area (Å²) in [5, 5.41) is 8.64. The molecule has 4 nitrogen and oxygen atoms in total. The fraction of sp³-hybridized carbons (Fsp3) is 0.467. The van der Waals surface area contributed by atoms with E-state index >= 15 is 0 Å². The zero-order valence-electron chi connectivity index (χ0n) is 12.2. The molecule has 108 valence electrons. The van der Waals surface area contributed by atoms with E-state index in [2.05, 4.69) is 34.5 Å². The van der Waals surface area contributed by atoms with Crippen molar-refractivity contribution >= 4 is 11.6 Å². The lowest BCUT2D eigenvalue weighted by Crippen LogP contribution is -2.33. The zero-order valence-corrected chi connectivity index (χ0v) is 13.0. The molecular weight excluding hydrogens is 272 g/mol. The maximum absolute atomic E-state index is 6.32. The van der Waals surface area contributed by atoms with Crippen molar-refractivity contribution in [3.05, 3.63) is 46.5 Å². The molecule has 0 saturated carbocycles. The quantitative estimate of drug-likeness (QED) is 0.890. The summed E-state index contributed by atoms with van der Waals surface area (Å²) >= 11 is 6.32. The Labute approximate surface area is 125 Å². The summed E-state index contributed by atoms with van der Waals surface area (Å²) in [6, 6.07) is 4.46. The minimum absolute atomic E-state index is 0.350. The lowest BCUT2D eigenvalue weighted by Gasteiger charge is -2.18. The Morgan fingerprint density at radius 1 is 1.30 bits per heavy atom. The molecule has 1 N–H and O–H groups in total. The normalized spacial score (nSPS) is 12.6. The summed E-state index contributed by atoms with van der Waals surface area (Å²) in [4.78, 5) is 4.06. The number of halogens is 1. The first-order valence-electron chi connectivity index (χ1n) is 6.92. The average molecular weight is 293 g/mol.